The van der Waals surface area contributed by atoms with Gasteiger partial charge in [-0.05, 0) is 35.9 Å². The maximum atomic E-state index is 12.9. The number of nitrogens with zero attached hydrogens (tertiary/aromatic N) is 1. The second-order valence-electron chi connectivity index (χ2n) is 5.03. The van der Waals surface area contributed by atoms with Crippen LogP contribution in [0.5, 0.6) is 0 Å². The lowest BCUT2D eigenvalue weighted by Gasteiger charge is -2.03. The number of alkyl carbamates (subject to hydrolysis) is 1. The van der Waals surface area contributed by atoms with Gasteiger partial charge in [0.1, 0.15) is 11.7 Å². The molecule has 2 aromatic carbocycles. The number of ketones is 1. The number of rotatable bonds is 2. The molecule has 1 amide bonds. The summed E-state index contributed by atoms with van der Waals surface area (Å²) in [5.74, 6) is -0.130. The van der Waals surface area contributed by atoms with E-state index in [9.17, 15) is 14.0 Å². The molecule has 116 valence electrons. The van der Waals surface area contributed by atoms with Crippen LogP contribution in [0.25, 0.3) is 0 Å². The van der Waals surface area contributed by atoms with Crippen LogP contribution >= 0.6 is 0 Å². The normalized spacial score (nSPS) is 12.3. The summed E-state index contributed by atoms with van der Waals surface area (Å²) >= 11 is 0. The van der Waals surface area contributed by atoms with Crippen molar-refractivity contribution in [3.05, 3.63) is 65.0 Å². The number of amidine groups is 1. The van der Waals surface area contributed by atoms with Gasteiger partial charge in [-0.3, -0.25) is 10.1 Å². The van der Waals surface area contributed by atoms with Crippen molar-refractivity contribution in [1.29, 1.82) is 0 Å². The number of halogens is 1. The highest BCUT2D eigenvalue weighted by atomic mass is 19.1. The minimum atomic E-state index is -0.584. The lowest BCUT2D eigenvalue weighted by atomic mass is 10.0. The third-order valence-corrected chi connectivity index (χ3v) is 3.50. The quantitative estimate of drug-likeness (QED) is 0.867. The third kappa shape index (κ3) is 3.11. The summed E-state index contributed by atoms with van der Waals surface area (Å²) in [5, 5.41) is 2.52. The summed E-state index contributed by atoms with van der Waals surface area (Å²) in [6.45, 7) is 0. The Bertz CT molecular complexity index is 813. The monoisotopic (exact) mass is 312 g/mol. The van der Waals surface area contributed by atoms with Gasteiger partial charge >= 0.3 is 6.09 Å². The number of carbonyl (C=O) groups excluding carboxylic acids is 2. The van der Waals surface area contributed by atoms with E-state index in [1.807, 2.05) is 0 Å². The standard InChI is InChI=1S/C17H13FN2O3/c1-23-17(22)20-15-9-11-2-3-12(8-14(11)19-15)16(21)10-4-6-13(18)7-5-10/h2-8H,9H2,1H3,(H,19,20,22). The van der Waals surface area contributed by atoms with Crippen LogP contribution in [0.4, 0.5) is 14.9 Å². The molecule has 5 nitrogen and oxygen atoms in total. The van der Waals surface area contributed by atoms with Crippen molar-refractivity contribution in [3.8, 4) is 0 Å². The zero-order chi connectivity index (χ0) is 16.4. The Morgan fingerprint density at radius 3 is 2.52 bits per heavy atom. The Labute approximate surface area is 131 Å². The van der Waals surface area contributed by atoms with Crippen molar-refractivity contribution < 1.29 is 18.7 Å². The fraction of sp³-hybridized carbons (Fsp3) is 0.118. The van der Waals surface area contributed by atoms with Gasteiger partial charge in [0.05, 0.1) is 12.8 Å². The number of fused-ring (bicyclic) bond motifs is 1. The van der Waals surface area contributed by atoms with Crippen LogP contribution < -0.4 is 5.32 Å². The lowest BCUT2D eigenvalue weighted by molar-refractivity contribution is 0.103. The van der Waals surface area contributed by atoms with Crippen LogP contribution in [0, 0.1) is 5.82 Å². The summed E-state index contributed by atoms with van der Waals surface area (Å²) in [6.07, 6.45) is -0.116. The van der Waals surface area contributed by atoms with Gasteiger partial charge in [-0.2, -0.15) is 0 Å². The highest BCUT2D eigenvalue weighted by Gasteiger charge is 2.19. The van der Waals surface area contributed by atoms with Crippen molar-refractivity contribution in [3.63, 3.8) is 0 Å². The maximum Gasteiger partial charge on any atom is 0.412 e. The highest BCUT2D eigenvalue weighted by molar-refractivity contribution is 6.10. The molecule has 0 fully saturated rings. The van der Waals surface area contributed by atoms with E-state index in [-0.39, 0.29) is 5.78 Å². The molecule has 2 aromatic rings. The Morgan fingerprint density at radius 2 is 1.83 bits per heavy atom. The molecule has 0 bridgehead atoms. The van der Waals surface area contributed by atoms with E-state index in [1.165, 1.54) is 31.4 Å². The molecule has 0 aromatic heterocycles. The smallest absolute Gasteiger partial charge is 0.412 e. The summed E-state index contributed by atoms with van der Waals surface area (Å²) in [7, 11) is 1.28. The van der Waals surface area contributed by atoms with Crippen LogP contribution in [0.3, 0.4) is 0 Å². The summed E-state index contributed by atoms with van der Waals surface area (Å²) in [4.78, 5) is 27.9. The second kappa shape index (κ2) is 6.00. The number of aliphatic imine (C=N–C) groups is 1. The molecule has 3 rings (SSSR count). The van der Waals surface area contributed by atoms with Crippen LogP contribution in [-0.2, 0) is 11.2 Å². The highest BCUT2D eigenvalue weighted by Crippen LogP contribution is 2.28. The number of hydrogen-bond acceptors (Lipinski definition) is 4. The number of amides is 1. The molecule has 0 atom stereocenters. The predicted molar refractivity (Wildman–Crippen MR) is 82.6 cm³/mol. The van der Waals surface area contributed by atoms with Gasteiger partial charge in [0.15, 0.2) is 5.78 Å². The molecule has 0 spiro atoms. The fourth-order valence-corrected chi connectivity index (χ4v) is 2.33. The maximum absolute atomic E-state index is 12.9. The third-order valence-electron chi connectivity index (χ3n) is 3.50. The number of benzene rings is 2. The topological polar surface area (TPSA) is 67.8 Å². The number of nitrogens with one attached hydrogen (secondary N) is 1. The Morgan fingerprint density at radius 1 is 1.13 bits per heavy atom. The molecule has 0 saturated carbocycles. The minimum Gasteiger partial charge on any atom is -0.453 e. The first kappa shape index (κ1) is 14.9. The van der Waals surface area contributed by atoms with Crippen LogP contribution in [-0.4, -0.2) is 24.8 Å². The van der Waals surface area contributed by atoms with E-state index in [0.717, 1.165) is 5.56 Å². The molecule has 0 aliphatic carbocycles. The number of methoxy groups -OCH3 is 1. The van der Waals surface area contributed by atoms with E-state index in [4.69, 9.17) is 0 Å². The first-order valence-corrected chi connectivity index (χ1v) is 6.92. The van der Waals surface area contributed by atoms with Gasteiger partial charge in [0.2, 0.25) is 0 Å². The average Bonchev–Trinajstić information content (AvgIpc) is 2.96. The molecule has 0 saturated heterocycles. The van der Waals surface area contributed by atoms with Crippen molar-refractivity contribution in [2.45, 2.75) is 6.42 Å². The Balaban J connectivity index is 1.84. The lowest BCUT2D eigenvalue weighted by Crippen LogP contribution is -2.30. The molecule has 1 aliphatic rings. The summed E-state index contributed by atoms with van der Waals surface area (Å²) < 4.78 is 17.5. The summed E-state index contributed by atoms with van der Waals surface area (Å²) in [5.41, 5.74) is 2.40. The molecule has 23 heavy (non-hydrogen) atoms. The van der Waals surface area contributed by atoms with Gasteiger partial charge in [0, 0.05) is 17.5 Å². The Kier molecular flexibility index (Phi) is 3.89. The largest absolute Gasteiger partial charge is 0.453 e. The van der Waals surface area contributed by atoms with Crippen molar-refractivity contribution in [2.24, 2.45) is 4.99 Å². The fourth-order valence-electron chi connectivity index (χ4n) is 2.33. The van der Waals surface area contributed by atoms with Crippen LogP contribution in [0.2, 0.25) is 0 Å². The first-order valence-electron chi connectivity index (χ1n) is 6.92. The van der Waals surface area contributed by atoms with E-state index in [2.05, 4.69) is 15.0 Å². The van der Waals surface area contributed by atoms with Crippen molar-refractivity contribution in [1.82, 2.24) is 5.32 Å². The molecular formula is C17H13FN2O3. The Hall–Kier alpha value is -3.02. The second-order valence-corrected chi connectivity index (χ2v) is 5.03. The minimum absolute atomic E-state index is 0.211. The van der Waals surface area contributed by atoms with Crippen molar-refractivity contribution in [2.75, 3.05) is 7.11 Å². The zero-order valence-corrected chi connectivity index (χ0v) is 12.3. The van der Waals surface area contributed by atoms with Gasteiger partial charge < -0.3 is 4.74 Å². The first-order chi connectivity index (χ1) is 11.1. The number of carbonyl (C=O) groups is 2. The molecule has 6 heteroatoms. The summed E-state index contributed by atoms with van der Waals surface area (Å²) in [6, 6.07) is 10.5. The van der Waals surface area contributed by atoms with E-state index >= 15 is 0 Å². The SMILES string of the molecule is COC(=O)NC1=Nc2cc(C(=O)c3ccc(F)cc3)ccc2C1. The van der Waals surface area contributed by atoms with Crippen molar-refractivity contribution >= 4 is 23.4 Å². The molecule has 1 aliphatic heterocycles. The molecule has 1 N–H and O–H groups in total. The van der Waals surface area contributed by atoms with Crippen LogP contribution in [0.1, 0.15) is 21.5 Å². The van der Waals surface area contributed by atoms with Crippen LogP contribution in [0.15, 0.2) is 47.5 Å². The van der Waals surface area contributed by atoms with Gasteiger partial charge in [-0.15, -0.1) is 0 Å². The van der Waals surface area contributed by atoms with E-state index in [1.54, 1.807) is 18.2 Å². The average molecular weight is 312 g/mol. The number of ether oxygens (including phenoxy) is 1. The predicted octanol–water partition coefficient (Wildman–Crippen LogP) is 3.00. The number of hydrogen-bond donors (Lipinski definition) is 1. The molecule has 1 heterocycles. The molecule has 0 radical (unpaired) electrons. The van der Waals surface area contributed by atoms with E-state index in [0.29, 0.717) is 29.1 Å². The van der Waals surface area contributed by atoms with Gasteiger partial charge in [-0.1, -0.05) is 12.1 Å². The molecule has 0 unspecified atom stereocenters. The van der Waals surface area contributed by atoms with Gasteiger partial charge in [0.25, 0.3) is 0 Å². The molecular weight excluding hydrogens is 299 g/mol. The zero-order valence-electron chi connectivity index (χ0n) is 12.3. The van der Waals surface area contributed by atoms with E-state index < -0.39 is 11.9 Å². The van der Waals surface area contributed by atoms with Gasteiger partial charge in [-0.25, -0.2) is 14.2 Å².